The molecule has 0 saturated heterocycles. The molecule has 5 nitrogen and oxygen atoms in total. The molecule has 0 bridgehead atoms. The Hall–Kier alpha value is -1.44. The largest absolute Gasteiger partial charge is 0.481 e. The molecule has 0 aromatic heterocycles. The van der Waals surface area contributed by atoms with E-state index in [2.05, 4.69) is 26.7 Å². The van der Waals surface area contributed by atoms with Gasteiger partial charge >= 0.3 is 5.97 Å². The van der Waals surface area contributed by atoms with Crippen molar-refractivity contribution in [3.63, 3.8) is 0 Å². The fourth-order valence-electron chi connectivity index (χ4n) is 3.18. The first kappa shape index (κ1) is 21.9. The van der Waals surface area contributed by atoms with Gasteiger partial charge in [-0.2, -0.15) is 0 Å². The predicted molar refractivity (Wildman–Crippen MR) is 112 cm³/mol. The summed E-state index contributed by atoms with van der Waals surface area (Å²) in [5.41, 5.74) is 0.828. The molecule has 1 fully saturated rings. The number of unbranched alkanes of at least 4 members (excludes halogenated alkanes) is 1. The van der Waals surface area contributed by atoms with Crippen LogP contribution in [0.15, 0.2) is 46.3 Å². The van der Waals surface area contributed by atoms with Gasteiger partial charge in [-0.05, 0) is 61.8 Å². The zero-order chi connectivity index (χ0) is 19.7. The van der Waals surface area contributed by atoms with E-state index in [4.69, 9.17) is 5.11 Å². The van der Waals surface area contributed by atoms with Crippen molar-refractivity contribution < 1.29 is 18.3 Å². The van der Waals surface area contributed by atoms with Crippen LogP contribution in [0.5, 0.6) is 0 Å². The fourth-order valence-corrected chi connectivity index (χ4v) is 4.54. The number of rotatable bonds is 9. The van der Waals surface area contributed by atoms with Crippen LogP contribution in [0, 0.1) is 5.92 Å². The van der Waals surface area contributed by atoms with Gasteiger partial charge < -0.3 is 5.11 Å². The van der Waals surface area contributed by atoms with Crippen molar-refractivity contribution in [1.82, 2.24) is 4.72 Å². The van der Waals surface area contributed by atoms with E-state index in [0.717, 1.165) is 42.1 Å². The first-order chi connectivity index (χ1) is 12.8. The van der Waals surface area contributed by atoms with E-state index >= 15 is 0 Å². The number of carbonyl (C=O) groups is 1. The van der Waals surface area contributed by atoms with Crippen LogP contribution in [0.1, 0.15) is 50.5 Å². The second-order valence-electron chi connectivity index (χ2n) is 6.85. The van der Waals surface area contributed by atoms with E-state index in [1.165, 1.54) is 5.41 Å². The first-order valence-electron chi connectivity index (χ1n) is 9.18. The van der Waals surface area contributed by atoms with Crippen LogP contribution in [0.3, 0.4) is 0 Å². The van der Waals surface area contributed by atoms with Crippen molar-refractivity contribution >= 4 is 38.0 Å². The highest BCUT2D eigenvalue weighted by Crippen LogP contribution is 2.26. The lowest BCUT2D eigenvalue weighted by molar-refractivity contribution is -0.137. The van der Waals surface area contributed by atoms with Crippen molar-refractivity contribution in [1.29, 1.82) is 0 Å². The average Bonchev–Trinajstić information content (AvgIpc) is 2.61. The van der Waals surface area contributed by atoms with Gasteiger partial charge in [-0.25, -0.2) is 13.1 Å². The molecule has 2 atom stereocenters. The molecule has 0 heterocycles. The molecule has 0 radical (unpaired) electrons. The molecule has 0 amide bonds. The topological polar surface area (TPSA) is 83.5 Å². The summed E-state index contributed by atoms with van der Waals surface area (Å²) in [6.07, 6.45) is 10.9. The van der Waals surface area contributed by atoms with Crippen molar-refractivity contribution in [2.75, 3.05) is 0 Å². The van der Waals surface area contributed by atoms with Crippen LogP contribution in [0.25, 0.3) is 6.08 Å². The van der Waals surface area contributed by atoms with Gasteiger partial charge in [0, 0.05) is 22.3 Å². The van der Waals surface area contributed by atoms with Crippen LogP contribution in [0.4, 0.5) is 0 Å². The summed E-state index contributed by atoms with van der Waals surface area (Å²) in [6.45, 7) is 0. The maximum Gasteiger partial charge on any atom is 0.303 e. The van der Waals surface area contributed by atoms with Crippen LogP contribution >= 0.6 is 15.9 Å². The zero-order valence-corrected chi connectivity index (χ0v) is 17.6. The monoisotopic (exact) mass is 455 g/mol. The number of aliphatic carboxylic acids is 1. The molecule has 1 aliphatic carbocycles. The Labute approximate surface area is 169 Å². The Morgan fingerprint density at radius 1 is 1.26 bits per heavy atom. The molecule has 1 aliphatic rings. The summed E-state index contributed by atoms with van der Waals surface area (Å²) in [6, 6.07) is 7.37. The molecular weight excluding hydrogens is 430 g/mol. The summed E-state index contributed by atoms with van der Waals surface area (Å²) in [4.78, 5) is 10.5. The maximum atomic E-state index is 12.3. The average molecular weight is 456 g/mol. The molecule has 148 valence electrons. The lowest BCUT2D eigenvalue weighted by Crippen LogP contribution is -2.37. The van der Waals surface area contributed by atoms with E-state index in [1.54, 1.807) is 6.08 Å². The molecule has 0 aliphatic heterocycles. The van der Waals surface area contributed by atoms with Gasteiger partial charge in [-0.1, -0.05) is 46.6 Å². The third kappa shape index (κ3) is 8.86. The Balaban J connectivity index is 1.83. The number of carboxylic acid groups (broad SMARTS) is 1. The van der Waals surface area contributed by atoms with Crippen molar-refractivity contribution in [2.24, 2.45) is 5.92 Å². The summed E-state index contributed by atoms with van der Waals surface area (Å²) >= 11 is 3.35. The molecular formula is C20H26BrNO4S. The number of hydrogen-bond donors (Lipinski definition) is 2. The van der Waals surface area contributed by atoms with Gasteiger partial charge in [0.1, 0.15) is 0 Å². The number of benzene rings is 1. The minimum atomic E-state index is -3.48. The highest BCUT2D eigenvalue weighted by Gasteiger charge is 2.23. The van der Waals surface area contributed by atoms with Crippen molar-refractivity contribution in [3.8, 4) is 0 Å². The molecule has 2 N–H and O–H groups in total. The number of allylic oxidation sites excluding steroid dienone is 2. The van der Waals surface area contributed by atoms with Crippen molar-refractivity contribution in [2.45, 2.75) is 51.0 Å². The Morgan fingerprint density at radius 3 is 2.70 bits per heavy atom. The normalized spacial score (nSPS) is 21.1. The second-order valence-corrected chi connectivity index (χ2v) is 9.37. The molecule has 1 aromatic rings. The van der Waals surface area contributed by atoms with Gasteiger partial charge in [0.05, 0.1) is 0 Å². The Kier molecular flexibility index (Phi) is 8.73. The van der Waals surface area contributed by atoms with Gasteiger partial charge in [0.2, 0.25) is 10.0 Å². The van der Waals surface area contributed by atoms with E-state index in [9.17, 15) is 13.2 Å². The summed E-state index contributed by atoms with van der Waals surface area (Å²) in [7, 11) is -3.48. The SMILES string of the molecule is O=C(O)CCCC=CC1CCCC(NS(=O)(=O)C=Cc2ccc(Br)cc2)C1. The van der Waals surface area contributed by atoms with E-state index < -0.39 is 16.0 Å². The number of nitrogens with one attached hydrogen (secondary N) is 1. The van der Waals surface area contributed by atoms with Gasteiger partial charge in [-0.3, -0.25) is 4.79 Å². The number of sulfonamides is 1. The third-order valence-electron chi connectivity index (χ3n) is 4.53. The molecule has 7 heteroatoms. The molecule has 0 spiro atoms. The van der Waals surface area contributed by atoms with Crippen LogP contribution in [0.2, 0.25) is 0 Å². The Morgan fingerprint density at radius 2 is 2.00 bits per heavy atom. The van der Waals surface area contributed by atoms with Gasteiger partial charge in [0.15, 0.2) is 0 Å². The summed E-state index contributed by atoms with van der Waals surface area (Å²) in [5.74, 6) is -0.432. The fraction of sp³-hybridized carbons (Fsp3) is 0.450. The molecule has 1 aromatic carbocycles. The second kappa shape index (κ2) is 10.8. The zero-order valence-electron chi connectivity index (χ0n) is 15.2. The van der Waals surface area contributed by atoms with E-state index in [0.29, 0.717) is 12.3 Å². The van der Waals surface area contributed by atoms with E-state index in [1.807, 2.05) is 30.3 Å². The van der Waals surface area contributed by atoms with Gasteiger partial charge in [0.25, 0.3) is 0 Å². The molecule has 27 heavy (non-hydrogen) atoms. The number of carboxylic acids is 1. The van der Waals surface area contributed by atoms with E-state index in [-0.39, 0.29) is 12.5 Å². The van der Waals surface area contributed by atoms with Crippen LogP contribution < -0.4 is 4.72 Å². The highest BCUT2D eigenvalue weighted by molar-refractivity contribution is 9.10. The minimum absolute atomic E-state index is 0.0630. The quantitative estimate of drug-likeness (QED) is 0.417. The maximum absolute atomic E-state index is 12.3. The first-order valence-corrected chi connectivity index (χ1v) is 11.5. The molecule has 2 unspecified atom stereocenters. The van der Waals surface area contributed by atoms with Crippen LogP contribution in [-0.4, -0.2) is 25.5 Å². The number of hydrogen-bond acceptors (Lipinski definition) is 3. The standard InChI is InChI=1S/C20H26BrNO4S/c21-18-11-9-16(10-12-18)13-14-27(25,26)22-19-7-4-6-17(15-19)5-2-1-3-8-20(23)24/h2,5,9-14,17,19,22H,1,3-4,6-8,15H2,(H,23,24). The molecule has 1 saturated carbocycles. The lowest BCUT2D eigenvalue weighted by atomic mass is 9.86. The van der Waals surface area contributed by atoms with Gasteiger partial charge in [-0.15, -0.1) is 0 Å². The smallest absolute Gasteiger partial charge is 0.303 e. The van der Waals surface area contributed by atoms with Crippen LogP contribution in [-0.2, 0) is 14.8 Å². The molecule has 2 rings (SSSR count). The highest BCUT2D eigenvalue weighted by atomic mass is 79.9. The summed E-state index contributed by atoms with van der Waals surface area (Å²) < 4.78 is 28.4. The Bertz CT molecular complexity index is 772. The number of halogens is 1. The minimum Gasteiger partial charge on any atom is -0.481 e. The lowest BCUT2D eigenvalue weighted by Gasteiger charge is -2.27. The van der Waals surface area contributed by atoms with Crippen molar-refractivity contribution in [3.05, 3.63) is 51.9 Å². The predicted octanol–water partition coefficient (Wildman–Crippen LogP) is 4.71. The third-order valence-corrected chi connectivity index (χ3v) is 6.21. The summed E-state index contributed by atoms with van der Waals surface area (Å²) in [5, 5.41) is 9.86.